The van der Waals surface area contributed by atoms with Crippen molar-refractivity contribution in [3.8, 4) is 5.75 Å². The predicted octanol–water partition coefficient (Wildman–Crippen LogP) is 1.47. The summed E-state index contributed by atoms with van der Waals surface area (Å²) in [4.78, 5) is 14.1. The van der Waals surface area contributed by atoms with E-state index < -0.39 is 0 Å². The van der Waals surface area contributed by atoms with Crippen molar-refractivity contribution >= 4 is 11.6 Å². The van der Waals surface area contributed by atoms with E-state index in [1.807, 2.05) is 0 Å². The Labute approximate surface area is 113 Å². The van der Waals surface area contributed by atoms with Crippen LogP contribution < -0.4 is 5.73 Å². The molecular weight excluding hydrogens is 244 g/mol. The number of carbonyl (C=O) groups excluding carboxylic acids is 1. The second kappa shape index (κ2) is 5.48. The van der Waals surface area contributed by atoms with Crippen molar-refractivity contribution in [1.82, 2.24) is 4.90 Å². The van der Waals surface area contributed by atoms with E-state index in [4.69, 9.17) is 10.5 Å². The summed E-state index contributed by atoms with van der Waals surface area (Å²) in [6.45, 7) is 3.34. The number of ether oxygens (including phenoxy) is 1. The molecule has 5 heteroatoms. The summed E-state index contributed by atoms with van der Waals surface area (Å²) in [5.74, 6) is 0.0994. The van der Waals surface area contributed by atoms with E-state index in [0.29, 0.717) is 19.0 Å². The van der Waals surface area contributed by atoms with Crippen molar-refractivity contribution in [2.45, 2.75) is 19.4 Å². The lowest BCUT2D eigenvalue weighted by molar-refractivity contribution is -0.00165. The Morgan fingerprint density at radius 3 is 2.95 bits per heavy atom. The second-order valence-corrected chi connectivity index (χ2v) is 5.03. The molecule has 0 radical (unpaired) electrons. The van der Waals surface area contributed by atoms with E-state index in [1.54, 1.807) is 30.2 Å². The van der Waals surface area contributed by atoms with Crippen molar-refractivity contribution in [3.05, 3.63) is 23.8 Å². The van der Waals surface area contributed by atoms with E-state index in [0.717, 1.165) is 6.42 Å². The number of likely N-dealkylation sites (tertiary alicyclic amines) is 1. The van der Waals surface area contributed by atoms with Crippen LogP contribution in [0.2, 0.25) is 0 Å². The van der Waals surface area contributed by atoms with Gasteiger partial charge in [0.25, 0.3) is 5.91 Å². The number of nitrogens with zero attached hydrogens (tertiary/aromatic N) is 1. The Morgan fingerprint density at radius 2 is 2.26 bits per heavy atom. The van der Waals surface area contributed by atoms with Crippen LogP contribution in [0.1, 0.15) is 23.7 Å². The molecule has 1 heterocycles. The first kappa shape index (κ1) is 13.7. The molecule has 2 rings (SSSR count). The van der Waals surface area contributed by atoms with Crippen LogP contribution in [0, 0.1) is 5.92 Å². The fourth-order valence-electron chi connectivity index (χ4n) is 2.43. The largest absolute Gasteiger partial charge is 0.505 e. The van der Waals surface area contributed by atoms with Crippen LogP contribution in [0.3, 0.4) is 0 Å². The molecule has 2 atom stereocenters. The van der Waals surface area contributed by atoms with Gasteiger partial charge >= 0.3 is 0 Å². The first-order chi connectivity index (χ1) is 9.04. The fraction of sp³-hybridized carbons (Fsp3) is 0.500. The molecule has 0 aliphatic carbocycles. The summed E-state index contributed by atoms with van der Waals surface area (Å²) in [7, 11) is 1.66. The lowest BCUT2D eigenvalue weighted by Gasteiger charge is -2.36. The molecule has 1 saturated heterocycles. The highest BCUT2D eigenvalue weighted by Crippen LogP contribution is 2.27. The number of amides is 1. The first-order valence-electron chi connectivity index (χ1n) is 6.44. The van der Waals surface area contributed by atoms with Crippen LogP contribution in [0.15, 0.2) is 18.2 Å². The highest BCUT2D eigenvalue weighted by atomic mass is 16.5. The minimum atomic E-state index is -0.196. The summed E-state index contributed by atoms with van der Waals surface area (Å²) in [5.41, 5.74) is 6.09. The highest BCUT2D eigenvalue weighted by Gasteiger charge is 2.30. The molecule has 0 bridgehead atoms. The van der Waals surface area contributed by atoms with E-state index in [1.165, 1.54) is 0 Å². The summed E-state index contributed by atoms with van der Waals surface area (Å²) in [5, 5.41) is 9.87. The number of piperidine rings is 1. The Morgan fingerprint density at radius 1 is 1.53 bits per heavy atom. The smallest absolute Gasteiger partial charge is 0.257 e. The van der Waals surface area contributed by atoms with Gasteiger partial charge in [-0.2, -0.15) is 0 Å². The summed E-state index contributed by atoms with van der Waals surface area (Å²) < 4.78 is 5.39. The number of hydrogen-bond donors (Lipinski definition) is 2. The van der Waals surface area contributed by atoms with E-state index >= 15 is 0 Å². The molecule has 104 valence electrons. The SMILES string of the molecule is COC1CN(C(=O)c2cccc(N)c2O)CCC1C. The number of para-hydroxylation sites is 1. The molecule has 1 aliphatic heterocycles. The van der Waals surface area contributed by atoms with Crippen LogP contribution in [0.4, 0.5) is 5.69 Å². The number of aromatic hydroxyl groups is 1. The molecular formula is C14H20N2O3. The van der Waals surface area contributed by atoms with Gasteiger partial charge in [-0.15, -0.1) is 0 Å². The molecule has 0 spiro atoms. The van der Waals surface area contributed by atoms with Gasteiger partial charge in [-0.05, 0) is 24.5 Å². The number of nitrogens with two attached hydrogens (primary N) is 1. The van der Waals surface area contributed by atoms with Gasteiger partial charge in [0, 0.05) is 20.2 Å². The standard InChI is InChI=1S/C14H20N2O3/c1-9-6-7-16(8-12(9)19-2)14(18)10-4-3-5-11(15)13(10)17/h3-5,9,12,17H,6-8,15H2,1-2H3. The average molecular weight is 264 g/mol. The molecule has 5 nitrogen and oxygen atoms in total. The van der Waals surface area contributed by atoms with E-state index in [-0.39, 0.29) is 29.0 Å². The fourth-order valence-corrected chi connectivity index (χ4v) is 2.43. The number of hydrogen-bond acceptors (Lipinski definition) is 4. The zero-order valence-corrected chi connectivity index (χ0v) is 11.3. The molecule has 2 unspecified atom stereocenters. The van der Waals surface area contributed by atoms with E-state index in [9.17, 15) is 9.90 Å². The topological polar surface area (TPSA) is 75.8 Å². The zero-order valence-electron chi connectivity index (χ0n) is 11.3. The number of benzene rings is 1. The number of rotatable bonds is 2. The van der Waals surface area contributed by atoms with Gasteiger partial charge in [0.15, 0.2) is 5.75 Å². The molecule has 0 aromatic heterocycles. The van der Waals surface area contributed by atoms with Gasteiger partial charge in [-0.1, -0.05) is 13.0 Å². The lowest BCUT2D eigenvalue weighted by Crippen LogP contribution is -2.46. The van der Waals surface area contributed by atoms with Crippen LogP contribution in [-0.2, 0) is 4.74 Å². The highest BCUT2D eigenvalue weighted by molar-refractivity contribution is 5.98. The molecule has 1 aromatic carbocycles. The van der Waals surface area contributed by atoms with Gasteiger partial charge in [0.05, 0.1) is 17.4 Å². The maximum atomic E-state index is 12.4. The summed E-state index contributed by atoms with van der Waals surface area (Å²) in [6, 6.07) is 4.83. The van der Waals surface area contributed by atoms with Gasteiger partial charge in [0.1, 0.15) is 0 Å². The molecule has 1 fully saturated rings. The Kier molecular flexibility index (Phi) is 3.95. The van der Waals surface area contributed by atoms with Gasteiger partial charge < -0.3 is 20.5 Å². The lowest BCUT2D eigenvalue weighted by atomic mass is 9.95. The number of nitrogen functional groups attached to an aromatic ring is 1. The minimum Gasteiger partial charge on any atom is -0.505 e. The van der Waals surface area contributed by atoms with Crippen molar-refractivity contribution in [2.24, 2.45) is 5.92 Å². The molecule has 0 saturated carbocycles. The summed E-state index contributed by atoms with van der Waals surface area (Å²) in [6.07, 6.45) is 0.939. The van der Waals surface area contributed by atoms with Crippen LogP contribution in [-0.4, -0.2) is 42.2 Å². The van der Waals surface area contributed by atoms with Crippen LogP contribution >= 0.6 is 0 Å². The number of phenolic OH excluding ortho intramolecular Hbond substituents is 1. The Bertz CT molecular complexity index is 476. The third-order valence-corrected chi connectivity index (χ3v) is 3.78. The number of carbonyl (C=O) groups is 1. The van der Waals surface area contributed by atoms with Crippen molar-refractivity contribution in [3.63, 3.8) is 0 Å². The quantitative estimate of drug-likeness (QED) is 0.626. The molecule has 3 N–H and O–H groups in total. The maximum absolute atomic E-state index is 12.4. The second-order valence-electron chi connectivity index (χ2n) is 5.03. The predicted molar refractivity (Wildman–Crippen MR) is 73.0 cm³/mol. The van der Waals surface area contributed by atoms with Crippen molar-refractivity contribution in [1.29, 1.82) is 0 Å². The monoisotopic (exact) mass is 264 g/mol. The van der Waals surface area contributed by atoms with Crippen LogP contribution in [0.5, 0.6) is 5.75 Å². The third-order valence-electron chi connectivity index (χ3n) is 3.78. The molecule has 1 aromatic rings. The zero-order chi connectivity index (χ0) is 14.0. The van der Waals surface area contributed by atoms with Crippen molar-refractivity contribution < 1.29 is 14.6 Å². The normalized spacial score (nSPS) is 23.4. The molecule has 19 heavy (non-hydrogen) atoms. The van der Waals surface area contributed by atoms with Gasteiger partial charge in [-0.3, -0.25) is 4.79 Å². The van der Waals surface area contributed by atoms with Crippen molar-refractivity contribution in [2.75, 3.05) is 25.9 Å². The Balaban J connectivity index is 2.18. The number of anilines is 1. The average Bonchev–Trinajstić information content (AvgIpc) is 2.41. The number of methoxy groups -OCH3 is 1. The van der Waals surface area contributed by atoms with E-state index in [2.05, 4.69) is 6.92 Å². The maximum Gasteiger partial charge on any atom is 0.257 e. The summed E-state index contributed by atoms with van der Waals surface area (Å²) >= 11 is 0. The molecule has 1 amide bonds. The number of phenols is 1. The minimum absolute atomic E-state index is 0.0425. The molecule has 1 aliphatic rings. The third kappa shape index (κ3) is 2.66. The van der Waals surface area contributed by atoms with Gasteiger partial charge in [0.2, 0.25) is 0 Å². The Hall–Kier alpha value is -1.75. The first-order valence-corrected chi connectivity index (χ1v) is 6.44. The van der Waals surface area contributed by atoms with Gasteiger partial charge in [-0.25, -0.2) is 0 Å². The van der Waals surface area contributed by atoms with Crippen LogP contribution in [0.25, 0.3) is 0 Å².